The summed E-state index contributed by atoms with van der Waals surface area (Å²) in [7, 11) is 1.54. The Balaban J connectivity index is 2.10. The largest absolute Gasteiger partial charge is 0.484 e. The second-order valence-corrected chi connectivity index (χ2v) is 6.24. The smallest absolute Gasteiger partial charge is 0.422 e. The van der Waals surface area contributed by atoms with Crippen molar-refractivity contribution in [2.45, 2.75) is 33.1 Å². The Morgan fingerprint density at radius 3 is 2.66 bits per heavy atom. The van der Waals surface area contributed by atoms with Crippen LogP contribution in [0.15, 0.2) is 41.5 Å². The van der Waals surface area contributed by atoms with Crippen LogP contribution in [-0.2, 0) is 13.1 Å². The Hall–Kier alpha value is -2.97. The quantitative estimate of drug-likeness (QED) is 0.514. The van der Waals surface area contributed by atoms with Crippen LogP contribution < -0.4 is 20.1 Å². The third-order valence-electron chi connectivity index (χ3n) is 3.86. The molecule has 2 rings (SSSR count). The number of hydrogen-bond donors (Lipinski definition) is 2. The van der Waals surface area contributed by atoms with Gasteiger partial charge in [-0.25, -0.2) is 9.98 Å². The molecule has 0 atom stereocenters. The maximum absolute atomic E-state index is 12.5. The molecule has 0 aliphatic heterocycles. The van der Waals surface area contributed by atoms with E-state index >= 15 is 0 Å². The first-order valence-corrected chi connectivity index (χ1v) is 9.11. The number of guanidine groups is 1. The Labute approximate surface area is 168 Å². The van der Waals surface area contributed by atoms with Crippen molar-refractivity contribution in [1.29, 1.82) is 0 Å². The number of alkyl halides is 3. The van der Waals surface area contributed by atoms with Gasteiger partial charge in [0.25, 0.3) is 0 Å². The van der Waals surface area contributed by atoms with Crippen LogP contribution in [0.2, 0.25) is 0 Å². The van der Waals surface area contributed by atoms with Crippen molar-refractivity contribution >= 4 is 5.96 Å². The van der Waals surface area contributed by atoms with Gasteiger partial charge in [0.1, 0.15) is 5.75 Å². The van der Waals surface area contributed by atoms with Crippen molar-refractivity contribution in [3.05, 3.63) is 53.2 Å². The van der Waals surface area contributed by atoms with Gasteiger partial charge >= 0.3 is 6.18 Å². The third kappa shape index (κ3) is 7.52. The van der Waals surface area contributed by atoms with Crippen LogP contribution in [0.5, 0.6) is 11.6 Å². The summed E-state index contributed by atoms with van der Waals surface area (Å²) in [5.74, 6) is 1.20. The summed E-state index contributed by atoms with van der Waals surface area (Å²) in [6, 6.07) is 8.81. The van der Waals surface area contributed by atoms with Gasteiger partial charge in [-0.3, -0.25) is 0 Å². The molecule has 9 heteroatoms. The molecular formula is C20H25F3N4O2. The summed E-state index contributed by atoms with van der Waals surface area (Å²) in [5.41, 5.74) is 2.23. The van der Waals surface area contributed by atoms with Crippen LogP contribution in [0.25, 0.3) is 0 Å². The number of hydrogen-bond acceptors (Lipinski definition) is 4. The molecule has 0 fully saturated rings. The van der Waals surface area contributed by atoms with Crippen LogP contribution >= 0.6 is 0 Å². The van der Waals surface area contributed by atoms with Gasteiger partial charge in [-0.05, 0) is 31.5 Å². The minimum absolute atomic E-state index is 0.194. The second-order valence-electron chi connectivity index (χ2n) is 6.24. The molecule has 0 saturated carbocycles. The summed E-state index contributed by atoms with van der Waals surface area (Å²) >= 11 is 0. The fourth-order valence-electron chi connectivity index (χ4n) is 2.51. The predicted molar refractivity (Wildman–Crippen MR) is 105 cm³/mol. The lowest BCUT2D eigenvalue weighted by molar-refractivity contribution is -0.153. The molecule has 1 aromatic heterocycles. The lowest BCUT2D eigenvalue weighted by Gasteiger charge is -2.16. The molecule has 2 N–H and O–H groups in total. The van der Waals surface area contributed by atoms with Gasteiger partial charge in [-0.2, -0.15) is 13.2 Å². The molecule has 0 radical (unpaired) electrons. The lowest BCUT2D eigenvalue weighted by atomic mass is 10.1. The Morgan fingerprint density at radius 2 is 1.97 bits per heavy atom. The number of nitrogens with zero attached hydrogens (tertiary/aromatic N) is 2. The number of benzene rings is 1. The molecule has 0 unspecified atom stereocenters. The highest BCUT2D eigenvalue weighted by atomic mass is 19.4. The van der Waals surface area contributed by atoms with Crippen LogP contribution in [0.1, 0.15) is 23.6 Å². The molecule has 1 aromatic carbocycles. The van der Waals surface area contributed by atoms with E-state index < -0.39 is 12.8 Å². The van der Waals surface area contributed by atoms with Gasteiger partial charge in [0.05, 0.1) is 13.7 Å². The van der Waals surface area contributed by atoms with E-state index in [9.17, 15) is 13.2 Å². The highest BCUT2D eigenvalue weighted by Gasteiger charge is 2.28. The predicted octanol–water partition coefficient (Wildman–Crippen LogP) is 3.60. The van der Waals surface area contributed by atoms with E-state index in [0.29, 0.717) is 30.5 Å². The number of halogens is 3. The zero-order valence-electron chi connectivity index (χ0n) is 16.6. The summed E-state index contributed by atoms with van der Waals surface area (Å²) < 4.78 is 47.8. The third-order valence-corrected chi connectivity index (χ3v) is 3.86. The summed E-state index contributed by atoms with van der Waals surface area (Å²) in [5, 5.41) is 6.22. The first-order chi connectivity index (χ1) is 13.8. The second kappa shape index (κ2) is 10.5. The number of nitrogens with one attached hydrogen (secondary N) is 2. The number of pyridine rings is 1. The topological polar surface area (TPSA) is 67.8 Å². The van der Waals surface area contributed by atoms with E-state index in [1.54, 1.807) is 38.4 Å². The summed E-state index contributed by atoms with van der Waals surface area (Å²) in [6.45, 7) is 3.59. The average Bonchev–Trinajstić information content (AvgIpc) is 2.69. The number of ether oxygens (including phenoxy) is 2. The van der Waals surface area contributed by atoms with Gasteiger partial charge in [0.15, 0.2) is 12.6 Å². The van der Waals surface area contributed by atoms with E-state index in [1.807, 2.05) is 19.1 Å². The molecule has 1 heterocycles. The van der Waals surface area contributed by atoms with E-state index in [0.717, 1.165) is 11.1 Å². The molecule has 0 bridgehead atoms. The van der Waals surface area contributed by atoms with Gasteiger partial charge in [0.2, 0.25) is 5.88 Å². The van der Waals surface area contributed by atoms with E-state index in [1.165, 1.54) is 0 Å². The van der Waals surface area contributed by atoms with Crippen molar-refractivity contribution in [2.24, 2.45) is 4.99 Å². The SMILES string of the molecule is CCNC(=NCc1cccnc1OC)NCc1ccc(C)cc1OCC(F)(F)F. The molecule has 158 valence electrons. The average molecular weight is 410 g/mol. The van der Waals surface area contributed by atoms with Gasteiger partial charge in [0, 0.05) is 30.4 Å². The molecule has 0 amide bonds. The lowest BCUT2D eigenvalue weighted by Crippen LogP contribution is -2.37. The van der Waals surface area contributed by atoms with Crippen molar-refractivity contribution in [3.8, 4) is 11.6 Å². The minimum Gasteiger partial charge on any atom is -0.484 e. The highest BCUT2D eigenvalue weighted by molar-refractivity contribution is 5.79. The number of aromatic nitrogens is 1. The van der Waals surface area contributed by atoms with Crippen LogP contribution in [0.3, 0.4) is 0 Å². The first kappa shape index (κ1) is 22.3. The normalized spacial score (nSPS) is 11.9. The number of aryl methyl sites for hydroxylation is 1. The van der Waals surface area contributed by atoms with Crippen LogP contribution in [0, 0.1) is 6.92 Å². The maximum atomic E-state index is 12.5. The van der Waals surface area contributed by atoms with Crippen molar-refractivity contribution in [2.75, 3.05) is 20.3 Å². The Morgan fingerprint density at radius 1 is 1.17 bits per heavy atom. The van der Waals surface area contributed by atoms with Crippen molar-refractivity contribution < 1.29 is 22.6 Å². The Kier molecular flexibility index (Phi) is 8.11. The molecule has 0 saturated heterocycles. The number of rotatable bonds is 8. The number of methoxy groups -OCH3 is 1. The monoisotopic (exact) mass is 410 g/mol. The van der Waals surface area contributed by atoms with Crippen molar-refractivity contribution in [1.82, 2.24) is 15.6 Å². The minimum atomic E-state index is -4.40. The highest BCUT2D eigenvalue weighted by Crippen LogP contribution is 2.23. The molecule has 0 aliphatic carbocycles. The molecule has 2 aromatic rings. The molecule has 29 heavy (non-hydrogen) atoms. The number of aliphatic imine (C=N–C) groups is 1. The fourth-order valence-corrected chi connectivity index (χ4v) is 2.51. The first-order valence-electron chi connectivity index (χ1n) is 9.11. The van der Waals surface area contributed by atoms with Crippen molar-refractivity contribution in [3.63, 3.8) is 0 Å². The molecular weight excluding hydrogens is 385 g/mol. The van der Waals surface area contributed by atoms with Gasteiger partial charge in [-0.15, -0.1) is 0 Å². The summed E-state index contributed by atoms with van der Waals surface area (Å²) in [6.07, 6.45) is -2.76. The fraction of sp³-hybridized carbons (Fsp3) is 0.400. The van der Waals surface area contributed by atoms with E-state index in [2.05, 4.69) is 20.6 Å². The molecule has 0 aliphatic rings. The zero-order valence-corrected chi connectivity index (χ0v) is 16.6. The summed E-state index contributed by atoms with van der Waals surface area (Å²) in [4.78, 5) is 8.63. The van der Waals surface area contributed by atoms with Gasteiger partial charge < -0.3 is 20.1 Å². The van der Waals surface area contributed by atoms with Crippen LogP contribution in [-0.4, -0.2) is 37.4 Å². The molecule has 6 nitrogen and oxygen atoms in total. The van der Waals surface area contributed by atoms with E-state index in [-0.39, 0.29) is 12.3 Å². The maximum Gasteiger partial charge on any atom is 0.422 e. The van der Waals surface area contributed by atoms with Gasteiger partial charge in [-0.1, -0.05) is 18.2 Å². The van der Waals surface area contributed by atoms with E-state index in [4.69, 9.17) is 9.47 Å². The van der Waals surface area contributed by atoms with Crippen LogP contribution in [0.4, 0.5) is 13.2 Å². The Bertz CT molecular complexity index is 826. The zero-order chi connectivity index (χ0) is 21.3. The standard InChI is InChI=1S/C20H25F3N4O2/c1-4-24-19(27-12-16-6-5-9-25-18(16)28-3)26-11-15-8-7-14(2)10-17(15)29-13-20(21,22)23/h5-10H,4,11-13H2,1-3H3,(H2,24,26,27). The molecule has 0 spiro atoms.